The smallest absolute Gasteiger partial charge is 0.229 e. The van der Waals surface area contributed by atoms with E-state index in [-0.39, 0.29) is 11.4 Å². The molecule has 1 N–H and O–H groups in total. The average molecular weight is 315 g/mol. The molecule has 1 aliphatic heterocycles. The Bertz CT molecular complexity index is 686. The molecule has 0 spiro atoms. The van der Waals surface area contributed by atoms with Crippen molar-refractivity contribution >= 4 is 23.5 Å². The molecule has 1 aliphatic rings. The molecule has 22 heavy (non-hydrogen) atoms. The van der Waals surface area contributed by atoms with Crippen molar-refractivity contribution in [3.05, 3.63) is 47.2 Å². The second-order valence-electron chi connectivity index (χ2n) is 6.56. The van der Waals surface area contributed by atoms with Crippen LogP contribution in [-0.4, -0.2) is 15.7 Å². The minimum Gasteiger partial charge on any atom is -0.310 e. The van der Waals surface area contributed by atoms with Crippen molar-refractivity contribution in [2.24, 2.45) is 0 Å². The minimum atomic E-state index is -0.148. The highest BCUT2D eigenvalue weighted by Gasteiger charge is 2.28. The Kier molecular flexibility index (Phi) is 4.00. The van der Waals surface area contributed by atoms with Crippen LogP contribution in [0.2, 0.25) is 0 Å². The number of aromatic nitrogens is 2. The molecule has 0 bridgehead atoms. The molecule has 0 saturated heterocycles. The van der Waals surface area contributed by atoms with Crippen LogP contribution >= 0.6 is 11.8 Å². The van der Waals surface area contributed by atoms with Crippen molar-refractivity contribution < 1.29 is 4.79 Å². The van der Waals surface area contributed by atoms with Gasteiger partial charge in [-0.15, -0.1) is 0 Å². The molecule has 1 aromatic heterocycles. The Hall–Kier alpha value is -1.75. The van der Waals surface area contributed by atoms with Crippen molar-refractivity contribution in [1.29, 1.82) is 0 Å². The number of nitrogens with one attached hydrogen (secondary N) is 1. The molecule has 1 aromatic carbocycles. The summed E-state index contributed by atoms with van der Waals surface area (Å²) in [6.45, 7) is 6.32. The van der Waals surface area contributed by atoms with Crippen LogP contribution in [0, 0.1) is 0 Å². The van der Waals surface area contributed by atoms with Gasteiger partial charge >= 0.3 is 0 Å². The van der Waals surface area contributed by atoms with Gasteiger partial charge in [0.15, 0.2) is 0 Å². The van der Waals surface area contributed by atoms with Gasteiger partial charge in [-0.2, -0.15) is 16.9 Å². The number of thioether (sulfide) groups is 1. The molecular weight excluding hydrogens is 294 g/mol. The second kappa shape index (κ2) is 5.80. The van der Waals surface area contributed by atoms with E-state index in [9.17, 15) is 4.79 Å². The lowest BCUT2D eigenvalue weighted by atomic mass is 10.1. The topological polar surface area (TPSA) is 46.9 Å². The molecule has 116 valence electrons. The third-order valence-electron chi connectivity index (χ3n) is 3.65. The molecule has 2 aromatic rings. The Morgan fingerprint density at radius 1 is 1.27 bits per heavy atom. The van der Waals surface area contributed by atoms with E-state index in [1.54, 1.807) is 0 Å². The largest absolute Gasteiger partial charge is 0.310 e. The van der Waals surface area contributed by atoms with Gasteiger partial charge in [0.1, 0.15) is 5.82 Å². The standard InChI is InChI=1S/C17H21N3OS/c1-17(2,3)20-16(13-10-22-11-14(13)19-20)18-15(21)9-12-7-5-4-6-8-12/h4-8H,9-11H2,1-3H3,(H,18,21). The van der Waals surface area contributed by atoms with Crippen LogP contribution in [0.5, 0.6) is 0 Å². The number of rotatable bonds is 3. The lowest BCUT2D eigenvalue weighted by molar-refractivity contribution is -0.115. The summed E-state index contributed by atoms with van der Waals surface area (Å²) in [4.78, 5) is 12.4. The number of fused-ring (bicyclic) bond motifs is 1. The quantitative estimate of drug-likeness (QED) is 0.942. The minimum absolute atomic E-state index is 0.0105. The fraction of sp³-hybridized carbons (Fsp3) is 0.412. The summed E-state index contributed by atoms with van der Waals surface area (Å²) >= 11 is 1.85. The number of hydrogen-bond donors (Lipinski definition) is 1. The first-order valence-corrected chi connectivity index (χ1v) is 8.63. The monoisotopic (exact) mass is 315 g/mol. The molecule has 3 rings (SSSR count). The lowest BCUT2D eigenvalue weighted by Crippen LogP contribution is -2.27. The van der Waals surface area contributed by atoms with Crippen LogP contribution in [0.3, 0.4) is 0 Å². The Morgan fingerprint density at radius 2 is 2.00 bits per heavy atom. The van der Waals surface area contributed by atoms with E-state index in [2.05, 4.69) is 26.1 Å². The van der Waals surface area contributed by atoms with Crippen molar-refractivity contribution in [3.63, 3.8) is 0 Å². The first-order chi connectivity index (χ1) is 10.4. The normalized spacial score (nSPS) is 14.0. The van der Waals surface area contributed by atoms with Gasteiger partial charge in [0.25, 0.3) is 0 Å². The summed E-state index contributed by atoms with van der Waals surface area (Å²) in [6, 6.07) is 9.81. The van der Waals surface area contributed by atoms with Crippen LogP contribution in [-0.2, 0) is 28.3 Å². The molecule has 0 fully saturated rings. The number of benzene rings is 1. The van der Waals surface area contributed by atoms with Gasteiger partial charge in [-0.25, -0.2) is 4.68 Å². The van der Waals surface area contributed by atoms with E-state index >= 15 is 0 Å². The molecule has 5 heteroatoms. The predicted octanol–water partition coefficient (Wildman–Crippen LogP) is 3.57. The molecule has 0 unspecified atom stereocenters. The fourth-order valence-electron chi connectivity index (χ4n) is 2.58. The number of anilines is 1. The summed E-state index contributed by atoms with van der Waals surface area (Å²) in [5.74, 6) is 2.73. The molecule has 4 nitrogen and oxygen atoms in total. The van der Waals surface area contributed by atoms with Gasteiger partial charge in [-0.3, -0.25) is 4.79 Å². The Labute approximate surface area is 135 Å². The third-order valence-corrected chi connectivity index (χ3v) is 4.62. The van der Waals surface area contributed by atoms with E-state index in [1.807, 2.05) is 46.8 Å². The molecule has 0 aliphatic carbocycles. The van der Waals surface area contributed by atoms with E-state index in [4.69, 9.17) is 5.10 Å². The van der Waals surface area contributed by atoms with Crippen molar-refractivity contribution in [2.75, 3.05) is 5.32 Å². The van der Waals surface area contributed by atoms with Crippen molar-refractivity contribution in [2.45, 2.75) is 44.2 Å². The van der Waals surface area contributed by atoms with Gasteiger partial charge in [0.2, 0.25) is 5.91 Å². The second-order valence-corrected chi connectivity index (χ2v) is 7.55. The maximum Gasteiger partial charge on any atom is 0.229 e. The average Bonchev–Trinajstić information content (AvgIpc) is 3.02. The van der Waals surface area contributed by atoms with Gasteiger partial charge in [-0.1, -0.05) is 30.3 Å². The molecule has 0 atom stereocenters. The van der Waals surface area contributed by atoms with E-state index in [0.29, 0.717) is 6.42 Å². The molecule has 2 heterocycles. The third kappa shape index (κ3) is 3.04. The summed E-state index contributed by atoms with van der Waals surface area (Å²) < 4.78 is 1.96. The van der Waals surface area contributed by atoms with Crippen molar-refractivity contribution in [3.8, 4) is 0 Å². The zero-order valence-electron chi connectivity index (χ0n) is 13.2. The van der Waals surface area contributed by atoms with Crippen LogP contribution in [0.4, 0.5) is 5.82 Å². The van der Waals surface area contributed by atoms with Gasteiger partial charge in [0.05, 0.1) is 17.7 Å². The number of carbonyl (C=O) groups excluding carboxylic acids is 1. The van der Waals surface area contributed by atoms with Crippen LogP contribution in [0.1, 0.15) is 37.6 Å². The Morgan fingerprint density at radius 3 is 2.68 bits per heavy atom. The number of carbonyl (C=O) groups is 1. The SMILES string of the molecule is CC(C)(C)n1nc2c(c1NC(=O)Cc1ccccc1)CSC2. The highest BCUT2D eigenvalue weighted by atomic mass is 32.2. The zero-order valence-corrected chi connectivity index (χ0v) is 14.0. The zero-order chi connectivity index (χ0) is 15.7. The van der Waals surface area contributed by atoms with Gasteiger partial charge in [0, 0.05) is 17.1 Å². The maximum atomic E-state index is 12.4. The summed E-state index contributed by atoms with van der Waals surface area (Å²) in [7, 11) is 0. The van der Waals surface area contributed by atoms with Crippen molar-refractivity contribution in [1.82, 2.24) is 9.78 Å². The predicted molar refractivity (Wildman–Crippen MR) is 91.0 cm³/mol. The molecular formula is C17H21N3OS. The summed E-state index contributed by atoms with van der Waals surface area (Å²) in [5.41, 5.74) is 3.16. The maximum absolute atomic E-state index is 12.4. The molecule has 0 radical (unpaired) electrons. The summed E-state index contributed by atoms with van der Waals surface area (Å²) in [5, 5.41) is 7.80. The molecule has 0 saturated carbocycles. The van der Waals surface area contributed by atoms with Gasteiger partial charge in [-0.05, 0) is 26.3 Å². The number of amides is 1. The summed E-state index contributed by atoms with van der Waals surface area (Å²) in [6.07, 6.45) is 0.387. The Balaban J connectivity index is 1.84. The van der Waals surface area contributed by atoms with Crippen LogP contribution in [0.15, 0.2) is 30.3 Å². The van der Waals surface area contributed by atoms with Gasteiger partial charge < -0.3 is 5.32 Å². The van der Waals surface area contributed by atoms with Crippen LogP contribution < -0.4 is 5.32 Å². The highest BCUT2D eigenvalue weighted by molar-refractivity contribution is 7.98. The van der Waals surface area contributed by atoms with E-state index in [1.165, 1.54) is 5.56 Å². The molecule has 1 amide bonds. The fourth-order valence-corrected chi connectivity index (χ4v) is 3.62. The number of hydrogen-bond acceptors (Lipinski definition) is 3. The van der Waals surface area contributed by atoms with Crippen LogP contribution in [0.25, 0.3) is 0 Å². The van der Waals surface area contributed by atoms with E-state index in [0.717, 1.165) is 28.6 Å². The highest BCUT2D eigenvalue weighted by Crippen LogP contribution is 2.37. The van der Waals surface area contributed by atoms with E-state index < -0.39 is 0 Å². The number of nitrogens with zero attached hydrogens (tertiary/aromatic N) is 2. The first-order valence-electron chi connectivity index (χ1n) is 7.48. The lowest BCUT2D eigenvalue weighted by Gasteiger charge is -2.23. The first kappa shape index (κ1) is 15.2.